The Kier molecular flexibility index (Phi) is 6.34. The highest BCUT2D eigenvalue weighted by Gasteiger charge is 2.33. The minimum Gasteiger partial charge on any atom is -0.468 e. The molecule has 0 unspecified atom stereocenters. The van der Waals surface area contributed by atoms with Crippen molar-refractivity contribution in [3.63, 3.8) is 0 Å². The van der Waals surface area contributed by atoms with Gasteiger partial charge in [0.15, 0.2) is 5.82 Å². The maximum Gasteiger partial charge on any atom is 0.173 e. The molecule has 5 rings (SSSR count). The van der Waals surface area contributed by atoms with E-state index in [-0.39, 0.29) is 12.1 Å². The molecule has 0 spiro atoms. The lowest BCUT2D eigenvalue weighted by Crippen LogP contribution is -2.37. The number of tetrazole rings is 1. The van der Waals surface area contributed by atoms with Crippen LogP contribution < -0.4 is 0 Å². The topological polar surface area (TPSA) is 69.2 Å². The van der Waals surface area contributed by atoms with Crippen molar-refractivity contribution in [2.24, 2.45) is 0 Å². The molecule has 2 aliphatic rings. The van der Waals surface area contributed by atoms with Crippen LogP contribution in [-0.2, 0) is 11.3 Å². The molecule has 3 heterocycles. The van der Waals surface area contributed by atoms with E-state index in [4.69, 9.17) is 20.8 Å². The summed E-state index contributed by atoms with van der Waals surface area (Å²) in [5.74, 6) is 1.79. The Morgan fingerprint density at radius 3 is 2.65 bits per heavy atom. The molecule has 2 fully saturated rings. The summed E-state index contributed by atoms with van der Waals surface area (Å²) >= 11 is 6.21. The lowest BCUT2D eigenvalue weighted by atomic mass is 10.0. The van der Waals surface area contributed by atoms with Crippen LogP contribution in [0.5, 0.6) is 0 Å². The van der Waals surface area contributed by atoms with Gasteiger partial charge in [-0.1, -0.05) is 36.6 Å². The van der Waals surface area contributed by atoms with Crippen LogP contribution in [-0.4, -0.2) is 44.4 Å². The number of hydrogen-bond acceptors (Lipinski definition) is 6. The molecule has 1 saturated carbocycles. The van der Waals surface area contributed by atoms with Gasteiger partial charge in [-0.25, -0.2) is 4.68 Å². The van der Waals surface area contributed by atoms with Crippen LogP contribution in [0.25, 0.3) is 0 Å². The summed E-state index contributed by atoms with van der Waals surface area (Å²) in [5.41, 5.74) is 1.11. The Hall–Kier alpha value is -2.22. The van der Waals surface area contributed by atoms with Crippen molar-refractivity contribution < 1.29 is 9.15 Å². The molecule has 1 aromatic carbocycles. The maximum absolute atomic E-state index is 6.21. The average Bonchev–Trinajstić information content (AvgIpc) is 3.57. The minimum atomic E-state index is -0.123. The zero-order valence-corrected chi connectivity index (χ0v) is 18.3. The lowest BCUT2D eigenvalue weighted by Gasteiger charge is -2.33. The highest BCUT2D eigenvalue weighted by molar-refractivity contribution is 6.30. The standard InChI is InChI=1S/C23H28ClN5O2/c24-18-11-9-17(10-12-18)22(23-25-26-27-29(23)19-5-1-2-6-19)28(15-20-7-3-13-30-20)16-21-8-4-14-31-21/h3,7,9-13,19,21-22H,1-2,4-6,8,14-16H2/t21-,22+/m1/s1. The van der Waals surface area contributed by atoms with Crippen LogP contribution in [0.1, 0.15) is 67.8 Å². The number of furan rings is 1. The molecule has 0 bridgehead atoms. The molecule has 8 heteroatoms. The third kappa shape index (κ3) is 4.68. The molecule has 164 valence electrons. The average molecular weight is 442 g/mol. The predicted octanol–water partition coefficient (Wildman–Crippen LogP) is 4.81. The summed E-state index contributed by atoms with van der Waals surface area (Å²) in [6.07, 6.45) is 8.77. The fourth-order valence-electron chi connectivity index (χ4n) is 4.87. The fourth-order valence-corrected chi connectivity index (χ4v) is 5.00. The molecule has 2 aromatic heterocycles. The van der Waals surface area contributed by atoms with Crippen molar-refractivity contribution in [3.8, 4) is 0 Å². The normalized spacial score (nSPS) is 20.6. The second-order valence-corrected chi connectivity index (χ2v) is 8.95. The first-order valence-electron chi connectivity index (χ1n) is 11.2. The van der Waals surface area contributed by atoms with Crippen molar-refractivity contribution in [1.29, 1.82) is 0 Å². The van der Waals surface area contributed by atoms with Gasteiger partial charge in [-0.3, -0.25) is 4.90 Å². The van der Waals surface area contributed by atoms with Crippen LogP contribution >= 0.6 is 11.6 Å². The van der Waals surface area contributed by atoms with Crippen LogP contribution in [0.2, 0.25) is 5.02 Å². The molecule has 0 radical (unpaired) electrons. The second-order valence-electron chi connectivity index (χ2n) is 8.52. The van der Waals surface area contributed by atoms with Gasteiger partial charge in [0.05, 0.1) is 31.0 Å². The maximum atomic E-state index is 6.21. The number of nitrogens with zero attached hydrogens (tertiary/aromatic N) is 5. The summed E-state index contributed by atoms with van der Waals surface area (Å²) in [7, 11) is 0. The van der Waals surface area contributed by atoms with E-state index >= 15 is 0 Å². The third-order valence-electron chi connectivity index (χ3n) is 6.39. The first-order chi connectivity index (χ1) is 15.3. The number of rotatable bonds is 8. The Morgan fingerprint density at radius 2 is 1.94 bits per heavy atom. The van der Waals surface area contributed by atoms with Gasteiger partial charge in [0.2, 0.25) is 0 Å². The molecular weight excluding hydrogens is 414 g/mol. The summed E-state index contributed by atoms with van der Waals surface area (Å²) in [6.45, 7) is 2.26. The van der Waals surface area contributed by atoms with Gasteiger partial charge in [0.1, 0.15) is 5.76 Å². The van der Waals surface area contributed by atoms with Gasteiger partial charge in [0.25, 0.3) is 0 Å². The number of aromatic nitrogens is 4. The van der Waals surface area contributed by atoms with E-state index in [0.29, 0.717) is 12.6 Å². The van der Waals surface area contributed by atoms with Crippen LogP contribution in [0.4, 0.5) is 0 Å². The van der Waals surface area contributed by atoms with Crippen molar-refractivity contribution in [2.75, 3.05) is 13.2 Å². The zero-order valence-electron chi connectivity index (χ0n) is 17.6. The highest BCUT2D eigenvalue weighted by atomic mass is 35.5. The molecule has 1 saturated heterocycles. The molecule has 2 atom stereocenters. The number of halogens is 1. The van der Waals surface area contributed by atoms with Crippen molar-refractivity contribution in [3.05, 3.63) is 64.8 Å². The van der Waals surface area contributed by atoms with Gasteiger partial charge < -0.3 is 9.15 Å². The number of hydrogen-bond donors (Lipinski definition) is 0. The molecule has 0 N–H and O–H groups in total. The Morgan fingerprint density at radius 1 is 1.10 bits per heavy atom. The summed E-state index contributed by atoms with van der Waals surface area (Å²) in [6, 6.07) is 12.2. The van der Waals surface area contributed by atoms with Crippen molar-refractivity contribution >= 4 is 11.6 Å². The van der Waals surface area contributed by atoms with E-state index in [1.54, 1.807) is 6.26 Å². The van der Waals surface area contributed by atoms with Gasteiger partial charge in [0, 0.05) is 18.2 Å². The second kappa shape index (κ2) is 9.51. The number of ether oxygens (including phenoxy) is 1. The Labute approximate surface area is 187 Å². The van der Waals surface area contributed by atoms with E-state index < -0.39 is 0 Å². The van der Waals surface area contributed by atoms with Crippen molar-refractivity contribution in [1.82, 2.24) is 25.1 Å². The molecule has 3 aromatic rings. The predicted molar refractivity (Wildman–Crippen MR) is 117 cm³/mol. The van der Waals surface area contributed by atoms with E-state index in [9.17, 15) is 0 Å². The molecule has 0 amide bonds. The quantitative estimate of drug-likeness (QED) is 0.499. The van der Waals surface area contributed by atoms with E-state index in [2.05, 4.69) is 37.2 Å². The minimum absolute atomic E-state index is 0.123. The summed E-state index contributed by atoms with van der Waals surface area (Å²) in [5, 5.41) is 13.8. The zero-order chi connectivity index (χ0) is 21.0. The van der Waals surface area contributed by atoms with E-state index in [0.717, 1.165) is 61.0 Å². The monoisotopic (exact) mass is 441 g/mol. The third-order valence-corrected chi connectivity index (χ3v) is 6.64. The summed E-state index contributed by atoms with van der Waals surface area (Å²) in [4.78, 5) is 2.38. The van der Waals surface area contributed by atoms with E-state index in [1.807, 2.05) is 24.3 Å². The first-order valence-corrected chi connectivity index (χ1v) is 11.6. The van der Waals surface area contributed by atoms with Crippen molar-refractivity contribution in [2.45, 2.75) is 63.3 Å². The smallest absolute Gasteiger partial charge is 0.173 e. The van der Waals surface area contributed by atoms with Gasteiger partial charge in [-0.05, 0) is 65.9 Å². The summed E-state index contributed by atoms with van der Waals surface area (Å²) < 4.78 is 13.8. The first kappa shape index (κ1) is 20.7. The largest absolute Gasteiger partial charge is 0.468 e. The van der Waals surface area contributed by atoms with Gasteiger partial charge in [-0.2, -0.15) is 0 Å². The molecule has 7 nitrogen and oxygen atoms in total. The lowest BCUT2D eigenvalue weighted by molar-refractivity contribution is 0.0543. The fraction of sp³-hybridized carbons (Fsp3) is 0.522. The molecular formula is C23H28ClN5O2. The van der Waals surface area contributed by atoms with E-state index in [1.165, 1.54) is 12.8 Å². The Bertz CT molecular complexity index is 947. The van der Waals surface area contributed by atoms with Crippen LogP contribution in [0.3, 0.4) is 0 Å². The van der Waals surface area contributed by atoms with Crippen LogP contribution in [0.15, 0.2) is 47.1 Å². The van der Waals surface area contributed by atoms with Crippen LogP contribution in [0, 0.1) is 0 Å². The molecule has 1 aliphatic heterocycles. The number of benzene rings is 1. The molecule has 31 heavy (non-hydrogen) atoms. The highest BCUT2D eigenvalue weighted by Crippen LogP contribution is 2.35. The van der Waals surface area contributed by atoms with Gasteiger partial charge >= 0.3 is 0 Å². The Balaban J connectivity index is 1.55. The SMILES string of the molecule is Clc1ccc([C@@H](c2nnnn2C2CCCC2)N(Cc2ccco2)C[C@H]2CCCO2)cc1. The molecule has 1 aliphatic carbocycles. The van der Waals surface area contributed by atoms with Gasteiger partial charge in [-0.15, -0.1) is 5.10 Å².